The molecule has 0 saturated heterocycles. The van der Waals surface area contributed by atoms with Gasteiger partial charge in [-0.2, -0.15) is 0 Å². The smallest absolute Gasteiger partial charge is 0.0409 e. The highest BCUT2D eigenvalue weighted by molar-refractivity contribution is 6.30. The Bertz CT molecular complexity index is 825. The van der Waals surface area contributed by atoms with Crippen LogP contribution in [0.1, 0.15) is 42.0 Å². The van der Waals surface area contributed by atoms with Gasteiger partial charge in [-0.15, -0.1) is 0 Å². The van der Waals surface area contributed by atoms with E-state index in [1.807, 2.05) is 24.3 Å². The zero-order valence-electron chi connectivity index (χ0n) is 13.6. The van der Waals surface area contributed by atoms with E-state index in [1.54, 1.807) is 0 Å². The maximum absolute atomic E-state index is 6.38. The predicted octanol–water partition coefficient (Wildman–Crippen LogP) is 6.00. The largest absolute Gasteiger partial charge is 0.324 e. The fourth-order valence-corrected chi connectivity index (χ4v) is 3.36. The van der Waals surface area contributed by atoms with Crippen LogP contribution in [-0.4, -0.2) is 0 Å². The lowest BCUT2D eigenvalue weighted by Crippen LogP contribution is -2.13. The highest BCUT2D eigenvalue weighted by atomic mass is 35.5. The van der Waals surface area contributed by atoms with Gasteiger partial charge in [-0.1, -0.05) is 67.1 Å². The van der Waals surface area contributed by atoms with E-state index in [0.29, 0.717) is 5.92 Å². The molecule has 2 atom stereocenters. The van der Waals surface area contributed by atoms with Crippen LogP contribution in [0.5, 0.6) is 0 Å². The first-order chi connectivity index (χ1) is 11.0. The Hall–Kier alpha value is -1.83. The summed E-state index contributed by atoms with van der Waals surface area (Å²) in [6, 6.07) is 21.0. The first-order valence-electron chi connectivity index (χ1n) is 8.05. The first-order valence-corrected chi connectivity index (χ1v) is 8.42. The molecule has 0 spiro atoms. The first kappa shape index (κ1) is 16.0. The Morgan fingerprint density at radius 2 is 1.74 bits per heavy atom. The molecule has 0 aromatic heterocycles. The monoisotopic (exact) mass is 323 g/mol. The lowest BCUT2D eigenvalue weighted by Gasteiger charge is -2.19. The van der Waals surface area contributed by atoms with E-state index < -0.39 is 0 Å². The molecule has 0 fully saturated rings. The number of rotatable bonds is 4. The molecule has 0 radical (unpaired) electrons. The van der Waals surface area contributed by atoms with Crippen molar-refractivity contribution in [1.82, 2.24) is 0 Å². The number of benzene rings is 3. The van der Waals surface area contributed by atoms with Crippen LogP contribution >= 0.6 is 11.6 Å². The van der Waals surface area contributed by atoms with Crippen LogP contribution in [-0.2, 0) is 0 Å². The predicted molar refractivity (Wildman–Crippen MR) is 100 cm³/mol. The van der Waals surface area contributed by atoms with Crippen molar-refractivity contribution in [3.05, 3.63) is 82.4 Å². The number of hydrogen-bond acceptors (Lipinski definition) is 1. The van der Waals surface area contributed by atoms with Crippen LogP contribution in [0.2, 0.25) is 5.02 Å². The van der Waals surface area contributed by atoms with Gasteiger partial charge < -0.3 is 5.73 Å². The normalized spacial score (nSPS) is 13.9. The molecule has 1 nitrogen and oxygen atoms in total. The molecule has 2 N–H and O–H groups in total. The molecule has 0 aliphatic rings. The summed E-state index contributed by atoms with van der Waals surface area (Å²) in [5.74, 6) is 0.397. The molecule has 0 amide bonds. The third kappa shape index (κ3) is 3.57. The van der Waals surface area contributed by atoms with Crippen molar-refractivity contribution in [1.29, 1.82) is 0 Å². The Morgan fingerprint density at radius 3 is 2.52 bits per heavy atom. The van der Waals surface area contributed by atoms with Gasteiger partial charge in [-0.3, -0.25) is 0 Å². The number of aryl methyl sites for hydroxylation is 1. The Kier molecular flexibility index (Phi) is 4.70. The van der Waals surface area contributed by atoms with Crippen LogP contribution in [0.15, 0.2) is 60.7 Å². The summed E-state index contributed by atoms with van der Waals surface area (Å²) in [5.41, 5.74) is 10.1. The summed E-state index contributed by atoms with van der Waals surface area (Å²) in [6.07, 6.45) is 0.900. The van der Waals surface area contributed by atoms with Gasteiger partial charge >= 0.3 is 0 Å². The van der Waals surface area contributed by atoms with Gasteiger partial charge in [-0.05, 0) is 58.9 Å². The van der Waals surface area contributed by atoms with Gasteiger partial charge in [0.1, 0.15) is 0 Å². The minimum absolute atomic E-state index is 0.00286. The lowest BCUT2D eigenvalue weighted by molar-refractivity contribution is 0.574. The second-order valence-corrected chi connectivity index (χ2v) is 6.79. The average Bonchev–Trinajstić information content (AvgIpc) is 2.54. The van der Waals surface area contributed by atoms with Gasteiger partial charge in [0.05, 0.1) is 0 Å². The quantitative estimate of drug-likeness (QED) is 0.626. The van der Waals surface area contributed by atoms with Crippen molar-refractivity contribution in [3.63, 3.8) is 0 Å². The summed E-state index contributed by atoms with van der Waals surface area (Å²) in [7, 11) is 0. The molecule has 0 bridgehead atoms. The third-order valence-corrected chi connectivity index (χ3v) is 4.81. The number of hydrogen-bond donors (Lipinski definition) is 1. The van der Waals surface area contributed by atoms with Crippen LogP contribution in [0.3, 0.4) is 0 Å². The lowest BCUT2D eigenvalue weighted by atomic mass is 9.89. The molecule has 0 aliphatic carbocycles. The maximum Gasteiger partial charge on any atom is 0.0409 e. The van der Waals surface area contributed by atoms with Gasteiger partial charge in [-0.25, -0.2) is 0 Å². The van der Waals surface area contributed by atoms with E-state index in [2.05, 4.69) is 50.2 Å². The SMILES string of the molecule is Cc1cccc2cc(C(C)CC(N)c3cccc(Cl)c3)ccc12. The second-order valence-electron chi connectivity index (χ2n) is 6.35. The van der Waals surface area contributed by atoms with Crippen molar-refractivity contribution in [2.75, 3.05) is 0 Å². The number of fused-ring (bicyclic) bond motifs is 1. The van der Waals surface area contributed by atoms with Crippen LogP contribution < -0.4 is 5.73 Å². The molecule has 3 rings (SSSR count). The summed E-state index contributed by atoms with van der Waals surface area (Å²) in [4.78, 5) is 0. The van der Waals surface area contributed by atoms with Crippen molar-refractivity contribution < 1.29 is 0 Å². The van der Waals surface area contributed by atoms with Gasteiger partial charge in [0, 0.05) is 11.1 Å². The highest BCUT2D eigenvalue weighted by Gasteiger charge is 2.14. The summed E-state index contributed by atoms with van der Waals surface area (Å²) >= 11 is 6.07. The van der Waals surface area contributed by atoms with Gasteiger partial charge in [0.25, 0.3) is 0 Å². The molecular formula is C21H22ClN. The molecular weight excluding hydrogens is 302 g/mol. The second kappa shape index (κ2) is 6.74. The van der Waals surface area contributed by atoms with Crippen LogP contribution in [0, 0.1) is 6.92 Å². The zero-order chi connectivity index (χ0) is 16.4. The van der Waals surface area contributed by atoms with Crippen LogP contribution in [0.4, 0.5) is 0 Å². The highest BCUT2D eigenvalue weighted by Crippen LogP contribution is 2.30. The van der Waals surface area contributed by atoms with E-state index in [0.717, 1.165) is 17.0 Å². The van der Waals surface area contributed by atoms with Gasteiger partial charge in [0.15, 0.2) is 0 Å². The maximum atomic E-state index is 6.38. The van der Waals surface area contributed by atoms with E-state index in [1.165, 1.54) is 21.9 Å². The van der Waals surface area contributed by atoms with E-state index in [9.17, 15) is 0 Å². The number of halogens is 1. The molecule has 3 aromatic rings. The number of nitrogens with two attached hydrogens (primary N) is 1. The Morgan fingerprint density at radius 1 is 0.957 bits per heavy atom. The minimum atomic E-state index is -0.00286. The van der Waals surface area contributed by atoms with Crippen molar-refractivity contribution >= 4 is 22.4 Å². The molecule has 0 heterocycles. The molecule has 118 valence electrons. The minimum Gasteiger partial charge on any atom is -0.324 e. The molecule has 23 heavy (non-hydrogen) atoms. The molecule has 3 aromatic carbocycles. The van der Waals surface area contributed by atoms with E-state index >= 15 is 0 Å². The van der Waals surface area contributed by atoms with Crippen molar-refractivity contribution in [3.8, 4) is 0 Å². The fourth-order valence-electron chi connectivity index (χ4n) is 3.16. The van der Waals surface area contributed by atoms with E-state index in [-0.39, 0.29) is 6.04 Å². The van der Waals surface area contributed by atoms with Crippen LogP contribution in [0.25, 0.3) is 10.8 Å². The topological polar surface area (TPSA) is 26.0 Å². The Labute approximate surface area is 143 Å². The fraction of sp³-hybridized carbons (Fsp3) is 0.238. The summed E-state index contributed by atoms with van der Waals surface area (Å²) < 4.78 is 0. The van der Waals surface area contributed by atoms with E-state index in [4.69, 9.17) is 17.3 Å². The van der Waals surface area contributed by atoms with Crippen molar-refractivity contribution in [2.24, 2.45) is 5.73 Å². The standard InChI is InChI=1S/C21H22ClN/c1-14-5-3-6-17-12-16(9-10-20(14)17)15(2)11-21(23)18-7-4-8-19(22)13-18/h3-10,12-13,15,21H,11,23H2,1-2H3. The molecule has 2 unspecified atom stereocenters. The molecule has 0 aliphatic heterocycles. The Balaban J connectivity index is 1.81. The van der Waals surface area contributed by atoms with Gasteiger partial charge in [0.2, 0.25) is 0 Å². The average molecular weight is 324 g/mol. The summed E-state index contributed by atoms with van der Waals surface area (Å²) in [5, 5.41) is 3.36. The van der Waals surface area contributed by atoms with Crippen molar-refractivity contribution in [2.45, 2.75) is 32.2 Å². The molecule has 0 saturated carbocycles. The zero-order valence-corrected chi connectivity index (χ0v) is 14.3. The molecule has 2 heteroatoms. The third-order valence-electron chi connectivity index (χ3n) is 4.58. The summed E-state index contributed by atoms with van der Waals surface area (Å²) in [6.45, 7) is 4.39.